The largest absolute Gasteiger partial charge is 0.369 e. The molecule has 0 radical (unpaired) electrons. The normalized spacial score (nSPS) is 19.2. The summed E-state index contributed by atoms with van der Waals surface area (Å²) in [7, 11) is 0. The monoisotopic (exact) mass is 299 g/mol. The molecular formula is C20H29NO. The molecule has 1 rings (SSSR count). The van der Waals surface area contributed by atoms with Crippen LogP contribution in [0.5, 0.6) is 0 Å². The van der Waals surface area contributed by atoms with Crippen LogP contribution in [0.3, 0.4) is 0 Å². The van der Waals surface area contributed by atoms with Gasteiger partial charge in [0.25, 0.3) is 0 Å². The molecule has 1 amide bonds. The fourth-order valence-corrected chi connectivity index (χ4v) is 2.90. The number of hydrogen-bond donors (Lipinski definition) is 1. The van der Waals surface area contributed by atoms with Crippen molar-refractivity contribution in [2.75, 3.05) is 0 Å². The molecule has 0 aromatic carbocycles. The van der Waals surface area contributed by atoms with E-state index in [1.54, 1.807) is 0 Å². The number of nitrogens with two attached hydrogens (primary N) is 1. The third kappa shape index (κ3) is 5.88. The molecule has 1 aliphatic rings. The summed E-state index contributed by atoms with van der Waals surface area (Å²) in [6.07, 6.45) is 14.1. The number of rotatable bonds is 6. The van der Waals surface area contributed by atoms with Gasteiger partial charge >= 0.3 is 0 Å². The lowest BCUT2D eigenvalue weighted by molar-refractivity contribution is -0.117. The summed E-state index contributed by atoms with van der Waals surface area (Å²) in [4.78, 5) is 10.8. The molecule has 0 heterocycles. The molecule has 22 heavy (non-hydrogen) atoms. The summed E-state index contributed by atoms with van der Waals surface area (Å²) < 4.78 is 0. The van der Waals surface area contributed by atoms with Crippen LogP contribution in [0.1, 0.15) is 53.4 Å². The summed E-state index contributed by atoms with van der Waals surface area (Å²) in [5.74, 6) is -0.350. The number of carbonyl (C=O) groups excluding carboxylic acids is 1. The van der Waals surface area contributed by atoms with E-state index in [0.29, 0.717) is 0 Å². The fourth-order valence-electron chi connectivity index (χ4n) is 2.90. The number of allylic oxidation sites excluding steroid dienone is 8. The second-order valence-electron chi connectivity index (χ2n) is 6.84. The van der Waals surface area contributed by atoms with Gasteiger partial charge in [0, 0.05) is 0 Å². The Balaban J connectivity index is 2.73. The molecule has 1 aliphatic carbocycles. The zero-order valence-corrected chi connectivity index (χ0v) is 14.4. The van der Waals surface area contributed by atoms with Gasteiger partial charge in [-0.15, -0.1) is 0 Å². The molecule has 0 saturated heterocycles. The molecular weight excluding hydrogens is 270 g/mol. The Morgan fingerprint density at radius 1 is 1.36 bits per heavy atom. The zero-order chi connectivity index (χ0) is 16.8. The van der Waals surface area contributed by atoms with E-state index in [2.05, 4.69) is 46.4 Å². The molecule has 2 heteroatoms. The smallest absolute Gasteiger partial charge is 0.221 e. The van der Waals surface area contributed by atoms with Gasteiger partial charge in [-0.2, -0.15) is 0 Å². The summed E-state index contributed by atoms with van der Waals surface area (Å²) in [5, 5.41) is 0. The molecule has 0 aromatic heterocycles. The van der Waals surface area contributed by atoms with Gasteiger partial charge in [-0.25, -0.2) is 0 Å². The third-order valence-electron chi connectivity index (χ3n) is 4.15. The van der Waals surface area contributed by atoms with Crippen molar-refractivity contribution in [3.8, 4) is 0 Å². The molecule has 120 valence electrons. The van der Waals surface area contributed by atoms with Gasteiger partial charge in [0.15, 0.2) is 0 Å². The van der Waals surface area contributed by atoms with Crippen LogP contribution in [-0.2, 0) is 4.79 Å². The lowest BCUT2D eigenvalue weighted by Crippen LogP contribution is -2.19. The average Bonchev–Trinajstić information content (AvgIpc) is 2.36. The van der Waals surface area contributed by atoms with E-state index in [4.69, 9.17) is 5.73 Å². The standard InChI is InChI=1S/C20H29NO/c1-15(8-6-9-16(2)14-19(21)22)11-12-18-17(3)10-7-13-20(18,4)5/h6,8-9,11-12H,2,7,10,13-14H2,1,3-5H3,(H2,21,22). The molecule has 0 fully saturated rings. The lowest BCUT2D eigenvalue weighted by Gasteiger charge is -2.32. The van der Waals surface area contributed by atoms with Crippen LogP contribution in [0.4, 0.5) is 0 Å². The first kappa shape index (κ1) is 18.2. The second kappa shape index (κ2) is 7.98. The Morgan fingerprint density at radius 3 is 2.64 bits per heavy atom. The second-order valence-corrected chi connectivity index (χ2v) is 6.84. The molecule has 0 unspecified atom stereocenters. The van der Waals surface area contributed by atoms with Crippen molar-refractivity contribution in [2.24, 2.45) is 11.1 Å². The highest BCUT2D eigenvalue weighted by molar-refractivity contribution is 5.77. The topological polar surface area (TPSA) is 43.1 Å². The molecule has 0 bridgehead atoms. The Hall–Kier alpha value is -1.83. The minimum atomic E-state index is -0.350. The van der Waals surface area contributed by atoms with E-state index in [0.717, 1.165) is 5.57 Å². The Bertz CT molecular complexity index is 556. The van der Waals surface area contributed by atoms with Crippen LogP contribution in [0, 0.1) is 5.41 Å². The minimum absolute atomic E-state index is 0.208. The molecule has 0 aliphatic heterocycles. The van der Waals surface area contributed by atoms with Crippen LogP contribution in [0.2, 0.25) is 0 Å². The number of hydrogen-bond acceptors (Lipinski definition) is 1. The predicted octanol–water partition coefficient (Wildman–Crippen LogP) is 5.00. The summed E-state index contributed by atoms with van der Waals surface area (Å²) in [6, 6.07) is 0. The summed E-state index contributed by atoms with van der Waals surface area (Å²) in [5.41, 5.74) is 10.3. The van der Waals surface area contributed by atoms with Gasteiger partial charge in [-0.3, -0.25) is 4.79 Å². The number of carbonyl (C=O) groups is 1. The van der Waals surface area contributed by atoms with Crippen molar-refractivity contribution >= 4 is 5.91 Å². The van der Waals surface area contributed by atoms with E-state index in [1.807, 2.05) is 18.2 Å². The first-order valence-corrected chi connectivity index (χ1v) is 7.92. The van der Waals surface area contributed by atoms with Gasteiger partial charge in [-0.1, -0.05) is 62.0 Å². The van der Waals surface area contributed by atoms with Crippen LogP contribution < -0.4 is 5.73 Å². The molecule has 2 nitrogen and oxygen atoms in total. The quantitative estimate of drug-likeness (QED) is 0.689. The Morgan fingerprint density at radius 2 is 2.05 bits per heavy atom. The average molecular weight is 299 g/mol. The van der Waals surface area contributed by atoms with Crippen LogP contribution in [0.15, 0.2) is 59.3 Å². The van der Waals surface area contributed by atoms with E-state index < -0.39 is 0 Å². The maximum Gasteiger partial charge on any atom is 0.221 e. The van der Waals surface area contributed by atoms with Crippen molar-refractivity contribution in [3.05, 3.63) is 59.3 Å². The van der Waals surface area contributed by atoms with E-state index in [1.165, 1.54) is 36.0 Å². The first-order chi connectivity index (χ1) is 10.2. The van der Waals surface area contributed by atoms with Gasteiger partial charge in [0.2, 0.25) is 5.91 Å². The van der Waals surface area contributed by atoms with Gasteiger partial charge in [-0.05, 0) is 49.7 Å². The van der Waals surface area contributed by atoms with Crippen molar-refractivity contribution in [2.45, 2.75) is 53.4 Å². The molecule has 0 spiro atoms. The summed E-state index contributed by atoms with van der Waals surface area (Å²) in [6.45, 7) is 12.8. The van der Waals surface area contributed by atoms with E-state index in [9.17, 15) is 4.79 Å². The lowest BCUT2D eigenvalue weighted by atomic mass is 9.72. The number of primary amides is 1. The highest BCUT2D eigenvalue weighted by atomic mass is 16.1. The minimum Gasteiger partial charge on any atom is -0.369 e. The highest BCUT2D eigenvalue weighted by Crippen LogP contribution is 2.40. The van der Waals surface area contributed by atoms with Crippen molar-refractivity contribution in [3.63, 3.8) is 0 Å². The molecule has 0 aromatic rings. The summed E-state index contributed by atoms with van der Waals surface area (Å²) >= 11 is 0. The predicted molar refractivity (Wildman–Crippen MR) is 95.3 cm³/mol. The molecule has 0 atom stereocenters. The first-order valence-electron chi connectivity index (χ1n) is 7.92. The van der Waals surface area contributed by atoms with E-state index >= 15 is 0 Å². The van der Waals surface area contributed by atoms with Crippen molar-refractivity contribution in [1.29, 1.82) is 0 Å². The Labute approximate surface area is 135 Å². The van der Waals surface area contributed by atoms with E-state index in [-0.39, 0.29) is 17.7 Å². The molecule has 2 N–H and O–H groups in total. The van der Waals surface area contributed by atoms with Crippen LogP contribution in [0.25, 0.3) is 0 Å². The van der Waals surface area contributed by atoms with Gasteiger partial charge in [0.05, 0.1) is 6.42 Å². The van der Waals surface area contributed by atoms with Gasteiger partial charge in [0.1, 0.15) is 0 Å². The zero-order valence-electron chi connectivity index (χ0n) is 14.4. The van der Waals surface area contributed by atoms with Crippen molar-refractivity contribution < 1.29 is 4.79 Å². The van der Waals surface area contributed by atoms with Crippen LogP contribution in [-0.4, -0.2) is 5.91 Å². The fraction of sp³-hybridized carbons (Fsp3) is 0.450. The highest BCUT2D eigenvalue weighted by Gasteiger charge is 2.26. The Kier molecular flexibility index (Phi) is 6.61. The third-order valence-corrected chi connectivity index (χ3v) is 4.15. The van der Waals surface area contributed by atoms with Crippen LogP contribution >= 0.6 is 0 Å². The van der Waals surface area contributed by atoms with Gasteiger partial charge < -0.3 is 5.73 Å². The van der Waals surface area contributed by atoms with Crippen molar-refractivity contribution in [1.82, 2.24) is 0 Å². The number of amides is 1. The SMILES string of the molecule is C=C(C=CC=C(C)C=CC1=C(C)CCCC1(C)C)CC(N)=O. The maximum absolute atomic E-state index is 10.8. The maximum atomic E-state index is 10.8. The molecule has 0 saturated carbocycles.